The van der Waals surface area contributed by atoms with Crippen molar-refractivity contribution in [1.82, 2.24) is 0 Å². The van der Waals surface area contributed by atoms with Gasteiger partial charge in [-0.15, -0.1) is 0 Å². The smallest absolute Gasteiger partial charge is 0.309 e. The monoisotopic (exact) mass is 494 g/mol. The van der Waals surface area contributed by atoms with Crippen LogP contribution in [-0.4, -0.2) is 23.7 Å². The van der Waals surface area contributed by atoms with Crippen molar-refractivity contribution in [3.63, 3.8) is 0 Å². The minimum atomic E-state index is -0.933. The van der Waals surface area contributed by atoms with Crippen molar-refractivity contribution in [2.45, 2.75) is 162 Å². The zero-order chi connectivity index (χ0) is 25.8. The van der Waals surface area contributed by atoms with E-state index < -0.39 is 11.9 Å². The van der Waals surface area contributed by atoms with Gasteiger partial charge in [-0.25, -0.2) is 0 Å². The van der Waals surface area contributed by atoms with E-state index in [4.69, 9.17) is 9.84 Å². The summed E-state index contributed by atoms with van der Waals surface area (Å²) in [5.74, 6) is -1.81. The average molecular weight is 495 g/mol. The van der Waals surface area contributed by atoms with Crippen molar-refractivity contribution < 1.29 is 19.4 Å². The lowest BCUT2D eigenvalue weighted by atomic mass is 9.98. The summed E-state index contributed by atoms with van der Waals surface area (Å²) in [4.78, 5) is 23.0. The summed E-state index contributed by atoms with van der Waals surface area (Å²) in [5.41, 5.74) is 0. The highest BCUT2D eigenvalue weighted by Crippen LogP contribution is 2.17. The highest BCUT2D eigenvalue weighted by molar-refractivity contribution is 5.79. The predicted molar refractivity (Wildman–Crippen MR) is 149 cm³/mol. The van der Waals surface area contributed by atoms with Crippen molar-refractivity contribution in [3.05, 3.63) is 12.2 Å². The quantitative estimate of drug-likeness (QED) is 0.0701. The third-order valence-electron chi connectivity index (χ3n) is 6.77. The molecule has 1 atom stereocenters. The first-order valence-corrected chi connectivity index (χ1v) is 15.1. The second-order valence-corrected chi connectivity index (χ2v) is 10.3. The Balaban J connectivity index is 3.43. The number of hydrogen-bond acceptors (Lipinski definition) is 3. The highest BCUT2D eigenvalue weighted by atomic mass is 16.5. The SMILES string of the molecule is CCCCCCCCCCCCCCCCCCC/C=C/CCCC(CC(=O)O)C(=O)OCCC. The summed E-state index contributed by atoms with van der Waals surface area (Å²) >= 11 is 0. The summed E-state index contributed by atoms with van der Waals surface area (Å²) in [7, 11) is 0. The molecule has 1 unspecified atom stereocenters. The highest BCUT2D eigenvalue weighted by Gasteiger charge is 2.22. The Hall–Kier alpha value is -1.32. The second-order valence-electron chi connectivity index (χ2n) is 10.3. The Morgan fingerprint density at radius 1 is 0.629 bits per heavy atom. The average Bonchev–Trinajstić information content (AvgIpc) is 2.84. The molecule has 0 amide bonds. The standard InChI is InChI=1S/C31H58O4/c1-3-5-6-7-8-9-10-11-12-13-14-15-16-17-18-19-20-21-22-23-24-25-26-29(28-30(32)33)31(34)35-27-4-2/h22-23,29H,3-21,24-28H2,1-2H3,(H,32,33)/b23-22+. The van der Waals surface area contributed by atoms with Gasteiger partial charge in [-0.2, -0.15) is 0 Å². The Kier molecular flexibility index (Phi) is 26.2. The summed E-state index contributed by atoms with van der Waals surface area (Å²) in [6.07, 6.45) is 32.3. The maximum Gasteiger partial charge on any atom is 0.309 e. The maximum atomic E-state index is 12.0. The van der Waals surface area contributed by atoms with Gasteiger partial charge in [-0.05, 0) is 38.5 Å². The topological polar surface area (TPSA) is 63.6 Å². The molecule has 206 valence electrons. The lowest BCUT2D eigenvalue weighted by Crippen LogP contribution is -2.21. The molecule has 0 saturated heterocycles. The third kappa shape index (κ3) is 25.6. The number of carboxylic acid groups (broad SMARTS) is 1. The van der Waals surface area contributed by atoms with Gasteiger partial charge in [0.05, 0.1) is 18.9 Å². The van der Waals surface area contributed by atoms with Crippen molar-refractivity contribution in [2.24, 2.45) is 5.92 Å². The fourth-order valence-corrected chi connectivity index (χ4v) is 4.54. The summed E-state index contributed by atoms with van der Waals surface area (Å²) in [5, 5.41) is 9.01. The van der Waals surface area contributed by atoms with Crippen molar-refractivity contribution in [1.29, 1.82) is 0 Å². The molecule has 0 heterocycles. The van der Waals surface area contributed by atoms with Gasteiger partial charge < -0.3 is 9.84 Å². The first-order chi connectivity index (χ1) is 17.1. The Bertz CT molecular complexity index is 500. The number of aliphatic carboxylic acids is 1. The van der Waals surface area contributed by atoms with Crippen LogP contribution in [0, 0.1) is 5.92 Å². The number of hydrogen-bond donors (Lipinski definition) is 1. The van der Waals surface area contributed by atoms with E-state index in [1.165, 1.54) is 109 Å². The molecule has 0 aliphatic heterocycles. The van der Waals surface area contributed by atoms with Crippen LogP contribution in [0.15, 0.2) is 12.2 Å². The zero-order valence-electron chi connectivity index (χ0n) is 23.4. The number of esters is 1. The van der Waals surface area contributed by atoms with E-state index in [-0.39, 0.29) is 12.4 Å². The molecule has 4 heteroatoms. The van der Waals surface area contributed by atoms with Crippen LogP contribution in [0.2, 0.25) is 0 Å². The van der Waals surface area contributed by atoms with E-state index in [1.54, 1.807) is 0 Å². The molecular weight excluding hydrogens is 436 g/mol. The van der Waals surface area contributed by atoms with Gasteiger partial charge in [-0.3, -0.25) is 9.59 Å². The van der Waals surface area contributed by atoms with E-state index in [2.05, 4.69) is 19.1 Å². The minimum absolute atomic E-state index is 0.133. The lowest BCUT2D eigenvalue weighted by Gasteiger charge is -2.13. The number of unbranched alkanes of at least 4 members (excludes halogenated alkanes) is 18. The summed E-state index contributed by atoms with van der Waals surface area (Å²) in [6, 6.07) is 0. The van der Waals surface area contributed by atoms with Gasteiger partial charge in [0.2, 0.25) is 0 Å². The molecule has 0 aromatic rings. The van der Waals surface area contributed by atoms with Gasteiger partial charge >= 0.3 is 11.9 Å². The fraction of sp³-hybridized carbons (Fsp3) is 0.871. The van der Waals surface area contributed by atoms with Crippen LogP contribution in [0.5, 0.6) is 0 Å². The Labute approximate surface area is 217 Å². The van der Waals surface area contributed by atoms with Crippen LogP contribution in [0.3, 0.4) is 0 Å². The van der Waals surface area contributed by atoms with E-state index in [0.717, 1.165) is 25.7 Å². The molecule has 0 saturated carbocycles. The zero-order valence-corrected chi connectivity index (χ0v) is 23.4. The van der Waals surface area contributed by atoms with E-state index in [0.29, 0.717) is 13.0 Å². The molecule has 0 rings (SSSR count). The van der Waals surface area contributed by atoms with Crippen LogP contribution in [0.1, 0.15) is 162 Å². The van der Waals surface area contributed by atoms with E-state index in [1.807, 2.05) is 6.92 Å². The van der Waals surface area contributed by atoms with Crippen molar-refractivity contribution in [2.75, 3.05) is 6.61 Å². The van der Waals surface area contributed by atoms with Gasteiger partial charge in [0.1, 0.15) is 0 Å². The molecule has 1 N–H and O–H groups in total. The number of carboxylic acids is 1. The normalized spacial score (nSPS) is 12.3. The van der Waals surface area contributed by atoms with Gasteiger partial charge in [-0.1, -0.05) is 129 Å². The third-order valence-corrected chi connectivity index (χ3v) is 6.77. The summed E-state index contributed by atoms with van der Waals surface area (Å²) < 4.78 is 5.13. The summed E-state index contributed by atoms with van der Waals surface area (Å²) in [6.45, 7) is 4.59. The second kappa shape index (κ2) is 27.3. The van der Waals surface area contributed by atoms with Crippen LogP contribution in [0.4, 0.5) is 0 Å². The van der Waals surface area contributed by atoms with Crippen LogP contribution >= 0.6 is 0 Å². The first kappa shape index (κ1) is 33.7. The van der Waals surface area contributed by atoms with Crippen LogP contribution in [-0.2, 0) is 14.3 Å². The van der Waals surface area contributed by atoms with Crippen LogP contribution in [0.25, 0.3) is 0 Å². The van der Waals surface area contributed by atoms with Crippen LogP contribution < -0.4 is 0 Å². The molecule has 0 aromatic carbocycles. The van der Waals surface area contributed by atoms with E-state index >= 15 is 0 Å². The van der Waals surface area contributed by atoms with Crippen molar-refractivity contribution in [3.8, 4) is 0 Å². The van der Waals surface area contributed by atoms with Gasteiger partial charge in [0, 0.05) is 0 Å². The van der Waals surface area contributed by atoms with Crippen molar-refractivity contribution >= 4 is 11.9 Å². The number of carbonyl (C=O) groups is 2. The molecule has 4 nitrogen and oxygen atoms in total. The molecular formula is C31H58O4. The first-order valence-electron chi connectivity index (χ1n) is 15.1. The number of ether oxygens (including phenoxy) is 1. The maximum absolute atomic E-state index is 12.0. The predicted octanol–water partition coefficient (Wildman–Crippen LogP) is 9.80. The van der Waals surface area contributed by atoms with E-state index in [9.17, 15) is 9.59 Å². The Morgan fingerprint density at radius 3 is 1.49 bits per heavy atom. The number of carbonyl (C=O) groups excluding carboxylic acids is 1. The molecule has 0 aliphatic carbocycles. The molecule has 0 aliphatic rings. The lowest BCUT2D eigenvalue weighted by molar-refractivity contribution is -0.153. The fourth-order valence-electron chi connectivity index (χ4n) is 4.54. The number of allylic oxidation sites excluding steroid dienone is 2. The molecule has 0 radical (unpaired) electrons. The molecule has 35 heavy (non-hydrogen) atoms. The molecule has 0 fully saturated rings. The molecule has 0 spiro atoms. The van der Waals surface area contributed by atoms with Gasteiger partial charge in [0.25, 0.3) is 0 Å². The molecule has 0 aromatic heterocycles. The van der Waals surface area contributed by atoms with Gasteiger partial charge in [0.15, 0.2) is 0 Å². The Morgan fingerprint density at radius 2 is 1.06 bits per heavy atom. The molecule has 0 bridgehead atoms. The largest absolute Gasteiger partial charge is 0.481 e. The minimum Gasteiger partial charge on any atom is -0.481 e. The number of rotatable bonds is 27.